The van der Waals surface area contributed by atoms with E-state index < -0.39 is 23.8 Å². The summed E-state index contributed by atoms with van der Waals surface area (Å²) >= 11 is 0. The minimum atomic E-state index is -4.54. The Bertz CT molecular complexity index is 744. The number of aromatic nitrogens is 2. The molecule has 0 saturated heterocycles. The Balaban J connectivity index is 2.06. The SMILES string of the molecule is COc1ccc(OC)c(C(C)NC(=O)Cn2ccc(C(F)(F)F)n2)c1. The molecule has 0 fully saturated rings. The van der Waals surface area contributed by atoms with Crippen molar-refractivity contribution in [2.45, 2.75) is 25.7 Å². The van der Waals surface area contributed by atoms with Gasteiger partial charge in [-0.3, -0.25) is 9.48 Å². The molecule has 2 aromatic rings. The van der Waals surface area contributed by atoms with Crippen molar-refractivity contribution in [1.82, 2.24) is 15.1 Å². The summed E-state index contributed by atoms with van der Waals surface area (Å²) in [5, 5.41) is 6.05. The summed E-state index contributed by atoms with van der Waals surface area (Å²) in [5.41, 5.74) is -0.352. The average Bonchev–Trinajstić information content (AvgIpc) is 3.02. The van der Waals surface area contributed by atoms with Crippen LogP contribution < -0.4 is 14.8 Å². The minimum Gasteiger partial charge on any atom is -0.497 e. The standard InChI is InChI=1S/C16H18F3N3O3/c1-10(12-8-11(24-2)4-5-13(12)25-3)20-15(23)9-22-7-6-14(21-22)16(17,18)19/h4-8,10H,9H2,1-3H3,(H,20,23). The summed E-state index contributed by atoms with van der Waals surface area (Å²) in [5.74, 6) is 0.681. The number of benzene rings is 1. The van der Waals surface area contributed by atoms with Crippen molar-refractivity contribution in [2.75, 3.05) is 14.2 Å². The fourth-order valence-electron chi connectivity index (χ4n) is 2.29. The van der Waals surface area contributed by atoms with Crippen molar-refractivity contribution < 1.29 is 27.4 Å². The third kappa shape index (κ3) is 4.65. The van der Waals surface area contributed by atoms with Crippen LogP contribution in [0.2, 0.25) is 0 Å². The lowest BCUT2D eigenvalue weighted by atomic mass is 10.1. The Kier molecular flexibility index (Phi) is 5.55. The summed E-state index contributed by atoms with van der Waals surface area (Å²) in [6, 6.07) is 5.54. The van der Waals surface area contributed by atoms with Gasteiger partial charge in [-0.15, -0.1) is 0 Å². The normalized spacial score (nSPS) is 12.6. The molecule has 1 aromatic carbocycles. The van der Waals surface area contributed by atoms with Crippen molar-refractivity contribution in [2.24, 2.45) is 0 Å². The third-order valence-corrected chi connectivity index (χ3v) is 3.52. The maximum atomic E-state index is 12.5. The fraction of sp³-hybridized carbons (Fsp3) is 0.375. The van der Waals surface area contributed by atoms with Gasteiger partial charge in [0.05, 0.1) is 20.3 Å². The summed E-state index contributed by atoms with van der Waals surface area (Å²) in [4.78, 5) is 12.1. The van der Waals surface area contributed by atoms with E-state index in [-0.39, 0.29) is 6.54 Å². The van der Waals surface area contributed by atoms with Crippen molar-refractivity contribution in [3.05, 3.63) is 41.7 Å². The maximum Gasteiger partial charge on any atom is 0.435 e. The van der Waals surface area contributed by atoms with Crippen LogP contribution in [0.25, 0.3) is 0 Å². The van der Waals surface area contributed by atoms with E-state index in [4.69, 9.17) is 9.47 Å². The lowest BCUT2D eigenvalue weighted by Gasteiger charge is -2.18. The summed E-state index contributed by atoms with van der Waals surface area (Å²) < 4.78 is 48.9. The summed E-state index contributed by atoms with van der Waals surface area (Å²) in [6.07, 6.45) is -3.43. The summed E-state index contributed by atoms with van der Waals surface area (Å²) in [6.45, 7) is 1.41. The fourth-order valence-corrected chi connectivity index (χ4v) is 2.29. The van der Waals surface area contributed by atoms with Crippen LogP contribution in [0.15, 0.2) is 30.5 Å². The highest BCUT2D eigenvalue weighted by atomic mass is 19.4. The monoisotopic (exact) mass is 357 g/mol. The number of nitrogens with zero attached hydrogens (tertiary/aromatic N) is 2. The molecule has 0 aliphatic heterocycles. The molecule has 0 aliphatic rings. The van der Waals surface area contributed by atoms with Gasteiger partial charge in [-0.1, -0.05) is 0 Å². The zero-order valence-corrected chi connectivity index (χ0v) is 13.9. The Labute approximate surface area is 142 Å². The molecule has 2 rings (SSSR count). The molecule has 9 heteroatoms. The number of methoxy groups -OCH3 is 2. The first-order valence-corrected chi connectivity index (χ1v) is 7.36. The van der Waals surface area contributed by atoms with Crippen LogP contribution in [0.4, 0.5) is 13.2 Å². The molecule has 1 amide bonds. The predicted molar refractivity (Wildman–Crippen MR) is 83.3 cm³/mol. The van der Waals surface area contributed by atoms with Gasteiger partial charge in [-0.2, -0.15) is 18.3 Å². The average molecular weight is 357 g/mol. The highest BCUT2D eigenvalue weighted by Crippen LogP contribution is 2.29. The quantitative estimate of drug-likeness (QED) is 0.863. The first-order valence-electron chi connectivity index (χ1n) is 7.36. The van der Waals surface area contributed by atoms with E-state index in [2.05, 4.69) is 10.4 Å². The molecule has 0 bridgehead atoms. The number of hydrogen-bond acceptors (Lipinski definition) is 4. The second-order valence-electron chi connectivity index (χ2n) is 5.29. The lowest BCUT2D eigenvalue weighted by Crippen LogP contribution is -2.30. The van der Waals surface area contributed by atoms with E-state index in [0.717, 1.165) is 16.9 Å². The van der Waals surface area contributed by atoms with E-state index in [1.807, 2.05) is 0 Å². The summed E-state index contributed by atoms with van der Waals surface area (Å²) in [7, 11) is 3.02. The van der Waals surface area contributed by atoms with E-state index in [1.54, 1.807) is 25.1 Å². The van der Waals surface area contributed by atoms with Gasteiger partial charge in [0.15, 0.2) is 5.69 Å². The van der Waals surface area contributed by atoms with Crippen LogP contribution >= 0.6 is 0 Å². The smallest absolute Gasteiger partial charge is 0.435 e. The molecule has 0 saturated carbocycles. The first kappa shape index (κ1) is 18.6. The van der Waals surface area contributed by atoms with Gasteiger partial charge < -0.3 is 14.8 Å². The van der Waals surface area contributed by atoms with Gasteiger partial charge >= 0.3 is 6.18 Å². The molecule has 6 nitrogen and oxygen atoms in total. The number of nitrogens with one attached hydrogen (secondary N) is 1. The first-order chi connectivity index (χ1) is 11.7. The van der Waals surface area contributed by atoms with Gasteiger partial charge in [0, 0.05) is 11.8 Å². The number of carbonyl (C=O) groups is 1. The van der Waals surface area contributed by atoms with Crippen molar-refractivity contribution in [1.29, 1.82) is 0 Å². The van der Waals surface area contributed by atoms with Crippen LogP contribution in [0.1, 0.15) is 24.2 Å². The van der Waals surface area contributed by atoms with Gasteiger partial charge in [-0.25, -0.2) is 0 Å². The third-order valence-electron chi connectivity index (χ3n) is 3.52. The number of carbonyl (C=O) groups excluding carboxylic acids is 1. The molecule has 25 heavy (non-hydrogen) atoms. The Morgan fingerprint density at radius 1 is 1.28 bits per heavy atom. The van der Waals surface area contributed by atoms with Crippen LogP contribution in [0, 0.1) is 0 Å². The Morgan fingerprint density at radius 3 is 2.56 bits per heavy atom. The van der Waals surface area contributed by atoms with Gasteiger partial charge in [-0.05, 0) is 31.2 Å². The topological polar surface area (TPSA) is 65.4 Å². The van der Waals surface area contributed by atoms with E-state index in [1.165, 1.54) is 14.2 Å². The molecular weight excluding hydrogens is 339 g/mol. The van der Waals surface area contributed by atoms with E-state index >= 15 is 0 Å². The van der Waals surface area contributed by atoms with Crippen molar-refractivity contribution in [3.63, 3.8) is 0 Å². The van der Waals surface area contributed by atoms with Crippen LogP contribution in [0.5, 0.6) is 11.5 Å². The van der Waals surface area contributed by atoms with Gasteiger partial charge in [0.2, 0.25) is 5.91 Å². The van der Waals surface area contributed by atoms with E-state index in [0.29, 0.717) is 17.1 Å². The molecular formula is C16H18F3N3O3. The largest absolute Gasteiger partial charge is 0.497 e. The zero-order valence-electron chi connectivity index (χ0n) is 13.9. The molecule has 136 valence electrons. The number of ether oxygens (including phenoxy) is 2. The van der Waals surface area contributed by atoms with Gasteiger partial charge in [0.1, 0.15) is 18.0 Å². The molecule has 1 aromatic heterocycles. The highest BCUT2D eigenvalue weighted by Gasteiger charge is 2.33. The number of halogens is 3. The predicted octanol–water partition coefficient (Wildman–Crippen LogP) is 2.80. The van der Waals surface area contributed by atoms with Crippen LogP contribution in [-0.4, -0.2) is 29.9 Å². The maximum absolute atomic E-state index is 12.5. The molecule has 0 radical (unpaired) electrons. The lowest BCUT2D eigenvalue weighted by molar-refractivity contribution is -0.141. The highest BCUT2D eigenvalue weighted by molar-refractivity contribution is 5.76. The van der Waals surface area contributed by atoms with Crippen LogP contribution in [0.3, 0.4) is 0 Å². The number of alkyl halides is 3. The molecule has 1 atom stereocenters. The second kappa shape index (κ2) is 7.45. The Hall–Kier alpha value is -2.71. The molecule has 0 aliphatic carbocycles. The molecule has 1 unspecified atom stereocenters. The number of rotatable bonds is 6. The molecule has 1 heterocycles. The minimum absolute atomic E-state index is 0.327. The molecule has 0 spiro atoms. The Morgan fingerprint density at radius 2 is 2.00 bits per heavy atom. The zero-order chi connectivity index (χ0) is 18.6. The van der Waals surface area contributed by atoms with Crippen LogP contribution in [-0.2, 0) is 17.5 Å². The second-order valence-corrected chi connectivity index (χ2v) is 5.29. The molecule has 1 N–H and O–H groups in total. The van der Waals surface area contributed by atoms with Crippen molar-refractivity contribution in [3.8, 4) is 11.5 Å². The number of amides is 1. The van der Waals surface area contributed by atoms with Crippen molar-refractivity contribution >= 4 is 5.91 Å². The number of hydrogen-bond donors (Lipinski definition) is 1. The van der Waals surface area contributed by atoms with E-state index in [9.17, 15) is 18.0 Å². The van der Waals surface area contributed by atoms with Gasteiger partial charge in [0.25, 0.3) is 0 Å².